The van der Waals surface area contributed by atoms with Crippen molar-refractivity contribution in [2.45, 2.75) is 26.3 Å². The van der Waals surface area contributed by atoms with E-state index in [1.165, 1.54) is 0 Å². The van der Waals surface area contributed by atoms with E-state index in [0.29, 0.717) is 28.6 Å². The molecular formula is C24H24ClN3O3. The molecule has 0 radical (unpaired) electrons. The maximum Gasteiger partial charge on any atom is 0.245 e. The molecule has 0 unspecified atom stereocenters. The summed E-state index contributed by atoms with van der Waals surface area (Å²) < 4.78 is 10.9. The first-order chi connectivity index (χ1) is 14.9. The first-order valence-corrected chi connectivity index (χ1v) is 10.5. The Bertz CT molecular complexity index is 1160. The van der Waals surface area contributed by atoms with Gasteiger partial charge in [-0.25, -0.2) is 9.99 Å². The van der Waals surface area contributed by atoms with Crippen LogP contribution in [0.4, 0.5) is 0 Å². The standard InChI is InChI=1S/C24H24ClN3O3/c1-14(2)24(29)28-21(13-19(27-28)15-8-6-5-7-9-15)18-12-17-20(26-23(18)25)10-16(30-3)11-22(17)31-4/h5-12,14,21H,13H2,1-4H3/t21-/m1/s1. The van der Waals surface area contributed by atoms with E-state index >= 15 is 0 Å². The zero-order chi connectivity index (χ0) is 22.1. The number of nitrogens with zero attached hydrogens (tertiary/aromatic N) is 3. The highest BCUT2D eigenvalue weighted by molar-refractivity contribution is 6.30. The third-order valence-corrected chi connectivity index (χ3v) is 5.70. The number of methoxy groups -OCH3 is 2. The van der Waals surface area contributed by atoms with Crippen LogP contribution in [0.3, 0.4) is 0 Å². The molecule has 1 aliphatic heterocycles. The van der Waals surface area contributed by atoms with Crippen LogP contribution in [0, 0.1) is 5.92 Å². The number of amides is 1. The lowest BCUT2D eigenvalue weighted by Gasteiger charge is -2.24. The number of hydrogen-bond donors (Lipinski definition) is 0. The molecule has 160 valence electrons. The lowest BCUT2D eigenvalue weighted by atomic mass is 9.97. The Morgan fingerprint density at radius 2 is 1.87 bits per heavy atom. The van der Waals surface area contributed by atoms with Crippen molar-refractivity contribution in [2.75, 3.05) is 14.2 Å². The topological polar surface area (TPSA) is 64.0 Å². The number of fused-ring (bicyclic) bond motifs is 1. The largest absolute Gasteiger partial charge is 0.497 e. The third kappa shape index (κ3) is 3.95. The number of ether oxygens (including phenoxy) is 2. The van der Waals surface area contributed by atoms with Gasteiger partial charge in [0.25, 0.3) is 0 Å². The van der Waals surface area contributed by atoms with Crippen LogP contribution in [-0.4, -0.2) is 35.8 Å². The summed E-state index contributed by atoms with van der Waals surface area (Å²) in [5.41, 5.74) is 3.23. The lowest BCUT2D eigenvalue weighted by Crippen LogP contribution is -2.30. The number of hydrogen-bond acceptors (Lipinski definition) is 5. The number of carbonyl (C=O) groups excluding carboxylic acids is 1. The van der Waals surface area contributed by atoms with Crippen LogP contribution >= 0.6 is 11.6 Å². The summed E-state index contributed by atoms with van der Waals surface area (Å²) in [7, 11) is 3.19. The summed E-state index contributed by atoms with van der Waals surface area (Å²) in [5.74, 6) is 0.998. The molecule has 0 saturated heterocycles. The van der Waals surface area contributed by atoms with Crippen LogP contribution in [0.15, 0.2) is 53.6 Å². The summed E-state index contributed by atoms with van der Waals surface area (Å²) in [4.78, 5) is 17.6. The summed E-state index contributed by atoms with van der Waals surface area (Å²) in [6, 6.07) is 15.1. The molecule has 0 N–H and O–H groups in total. The second-order valence-corrected chi connectivity index (χ2v) is 8.09. The van der Waals surface area contributed by atoms with E-state index in [4.69, 9.17) is 26.2 Å². The van der Waals surface area contributed by atoms with Gasteiger partial charge in [0.1, 0.15) is 16.7 Å². The molecule has 1 aliphatic rings. The minimum atomic E-state index is -0.346. The molecule has 2 heterocycles. The van der Waals surface area contributed by atoms with Gasteiger partial charge in [0.2, 0.25) is 5.91 Å². The molecule has 4 rings (SSSR count). The molecule has 0 bridgehead atoms. The highest BCUT2D eigenvalue weighted by Crippen LogP contribution is 2.40. The van der Waals surface area contributed by atoms with Gasteiger partial charge in [0.15, 0.2) is 0 Å². The van der Waals surface area contributed by atoms with Crippen molar-refractivity contribution >= 4 is 34.1 Å². The fraction of sp³-hybridized carbons (Fsp3) is 0.292. The van der Waals surface area contributed by atoms with Gasteiger partial charge in [0, 0.05) is 35.4 Å². The van der Waals surface area contributed by atoms with Gasteiger partial charge in [-0.3, -0.25) is 4.79 Å². The second-order valence-electron chi connectivity index (χ2n) is 7.73. The van der Waals surface area contributed by atoms with Gasteiger partial charge in [-0.1, -0.05) is 55.8 Å². The van der Waals surface area contributed by atoms with E-state index in [1.807, 2.05) is 56.3 Å². The Morgan fingerprint density at radius 3 is 2.52 bits per heavy atom. The van der Waals surface area contributed by atoms with Crippen molar-refractivity contribution in [2.24, 2.45) is 11.0 Å². The van der Waals surface area contributed by atoms with Gasteiger partial charge in [-0.05, 0) is 11.6 Å². The van der Waals surface area contributed by atoms with Gasteiger partial charge in [-0.15, -0.1) is 0 Å². The Morgan fingerprint density at radius 1 is 1.13 bits per heavy atom. The average Bonchev–Trinajstić information content (AvgIpc) is 3.22. The zero-order valence-electron chi connectivity index (χ0n) is 17.9. The monoisotopic (exact) mass is 437 g/mol. The Labute approximate surface area is 186 Å². The van der Waals surface area contributed by atoms with Crippen LogP contribution in [0.5, 0.6) is 11.5 Å². The SMILES string of the molecule is COc1cc(OC)c2cc([C@H]3CC(c4ccccc4)=NN3C(=O)C(C)C)c(Cl)nc2c1. The molecule has 1 aromatic heterocycles. The summed E-state index contributed by atoms with van der Waals surface area (Å²) in [5, 5.41) is 7.38. The van der Waals surface area contributed by atoms with Crippen molar-refractivity contribution in [1.82, 2.24) is 9.99 Å². The molecule has 2 aromatic carbocycles. The van der Waals surface area contributed by atoms with E-state index < -0.39 is 0 Å². The van der Waals surface area contributed by atoms with Crippen molar-refractivity contribution < 1.29 is 14.3 Å². The van der Waals surface area contributed by atoms with E-state index in [1.54, 1.807) is 25.3 Å². The van der Waals surface area contributed by atoms with E-state index in [2.05, 4.69) is 4.98 Å². The van der Waals surface area contributed by atoms with Gasteiger partial charge in [-0.2, -0.15) is 5.10 Å². The molecule has 0 fully saturated rings. The van der Waals surface area contributed by atoms with Crippen molar-refractivity contribution in [1.29, 1.82) is 0 Å². The minimum Gasteiger partial charge on any atom is -0.497 e. The number of hydrazone groups is 1. The predicted octanol–water partition coefficient (Wildman–Crippen LogP) is 5.24. The fourth-order valence-corrected chi connectivity index (χ4v) is 4.03. The number of pyridine rings is 1. The van der Waals surface area contributed by atoms with Gasteiger partial charge in [0.05, 0.1) is 31.5 Å². The molecule has 1 amide bonds. The first kappa shape index (κ1) is 21.1. The lowest BCUT2D eigenvalue weighted by molar-refractivity contribution is -0.136. The predicted molar refractivity (Wildman–Crippen MR) is 122 cm³/mol. The normalized spacial score (nSPS) is 16.0. The Balaban J connectivity index is 1.83. The zero-order valence-corrected chi connectivity index (χ0v) is 18.7. The molecule has 3 aromatic rings. The molecule has 0 aliphatic carbocycles. The summed E-state index contributed by atoms with van der Waals surface area (Å²) in [6.07, 6.45) is 0.549. The quantitative estimate of drug-likeness (QED) is 0.512. The average molecular weight is 438 g/mol. The number of aromatic nitrogens is 1. The van der Waals surface area contributed by atoms with Crippen LogP contribution in [0.2, 0.25) is 5.15 Å². The van der Waals surface area contributed by atoms with Crippen LogP contribution in [-0.2, 0) is 4.79 Å². The molecular weight excluding hydrogens is 414 g/mol. The molecule has 0 spiro atoms. The van der Waals surface area contributed by atoms with Crippen molar-refractivity contribution in [3.05, 3.63) is 64.8 Å². The second kappa shape index (κ2) is 8.55. The van der Waals surface area contributed by atoms with Crippen molar-refractivity contribution in [3.8, 4) is 11.5 Å². The maximum absolute atomic E-state index is 13.0. The van der Waals surface area contributed by atoms with Crippen LogP contribution < -0.4 is 9.47 Å². The third-order valence-electron chi connectivity index (χ3n) is 5.40. The molecule has 6 nitrogen and oxygen atoms in total. The Kier molecular flexibility index (Phi) is 5.83. The Hall–Kier alpha value is -3.12. The molecule has 7 heteroatoms. The van der Waals surface area contributed by atoms with Crippen molar-refractivity contribution in [3.63, 3.8) is 0 Å². The summed E-state index contributed by atoms with van der Waals surface area (Å²) in [6.45, 7) is 3.73. The maximum atomic E-state index is 13.0. The summed E-state index contributed by atoms with van der Waals surface area (Å²) >= 11 is 6.64. The first-order valence-electron chi connectivity index (χ1n) is 10.1. The fourth-order valence-electron chi connectivity index (χ4n) is 3.76. The molecule has 1 atom stereocenters. The van der Waals surface area contributed by atoms with Crippen LogP contribution in [0.1, 0.15) is 37.4 Å². The van der Waals surface area contributed by atoms with Gasteiger partial charge >= 0.3 is 0 Å². The number of carbonyl (C=O) groups is 1. The smallest absolute Gasteiger partial charge is 0.245 e. The van der Waals surface area contributed by atoms with E-state index in [9.17, 15) is 4.79 Å². The number of rotatable bonds is 5. The molecule has 0 saturated carbocycles. The molecule has 31 heavy (non-hydrogen) atoms. The number of halogens is 1. The highest BCUT2D eigenvalue weighted by atomic mass is 35.5. The van der Waals surface area contributed by atoms with Gasteiger partial charge < -0.3 is 9.47 Å². The minimum absolute atomic E-state index is 0.0613. The van der Waals surface area contributed by atoms with Crippen LogP contribution in [0.25, 0.3) is 10.9 Å². The van der Waals surface area contributed by atoms with E-state index in [-0.39, 0.29) is 17.9 Å². The van der Waals surface area contributed by atoms with E-state index in [0.717, 1.165) is 22.2 Å². The highest BCUT2D eigenvalue weighted by Gasteiger charge is 2.36. The number of benzene rings is 2.